The highest BCUT2D eigenvalue weighted by Crippen LogP contribution is 2.23. The van der Waals surface area contributed by atoms with Crippen molar-refractivity contribution in [3.63, 3.8) is 0 Å². The Morgan fingerprint density at radius 3 is 1.93 bits per heavy atom. The summed E-state index contributed by atoms with van der Waals surface area (Å²) in [5.74, 6) is 0. The van der Waals surface area contributed by atoms with E-state index in [1.807, 2.05) is 0 Å². The molecule has 4 nitrogen and oxygen atoms in total. The molecule has 0 saturated carbocycles. The molecular formula is C8H16B2O4. The van der Waals surface area contributed by atoms with E-state index < -0.39 is 0 Å². The van der Waals surface area contributed by atoms with Crippen LogP contribution in [0, 0.1) is 5.41 Å². The molecular weight excluding hydrogens is 182 g/mol. The smallest absolute Gasteiger partial charge is 0.413 e. The first-order valence-corrected chi connectivity index (χ1v) is 5.14. The minimum atomic E-state index is -0.344. The second-order valence-corrected chi connectivity index (χ2v) is 4.62. The molecule has 2 saturated heterocycles. The summed E-state index contributed by atoms with van der Waals surface area (Å²) in [4.78, 5) is 0. The summed E-state index contributed by atoms with van der Waals surface area (Å²) >= 11 is 0. The molecule has 0 radical (unpaired) electrons. The Kier molecular flexibility index (Phi) is 3.17. The lowest BCUT2D eigenvalue weighted by molar-refractivity contribution is 0.0267. The molecule has 0 amide bonds. The summed E-state index contributed by atoms with van der Waals surface area (Å²) in [6.45, 7) is 7.09. The Hall–Kier alpha value is -0.0301. The van der Waals surface area contributed by atoms with Crippen molar-refractivity contribution in [1.82, 2.24) is 0 Å². The van der Waals surface area contributed by atoms with Crippen molar-refractivity contribution >= 4 is 14.0 Å². The van der Waals surface area contributed by atoms with Gasteiger partial charge in [0.25, 0.3) is 0 Å². The minimum Gasteiger partial charge on any atom is -0.413 e. The van der Waals surface area contributed by atoms with Gasteiger partial charge in [0.2, 0.25) is 0 Å². The molecule has 0 aliphatic carbocycles. The van der Waals surface area contributed by atoms with E-state index in [9.17, 15) is 0 Å². The van der Waals surface area contributed by atoms with Gasteiger partial charge < -0.3 is 18.6 Å². The molecule has 0 unspecified atom stereocenters. The van der Waals surface area contributed by atoms with E-state index in [1.165, 1.54) is 0 Å². The largest absolute Gasteiger partial charge is 0.488 e. The maximum atomic E-state index is 5.56. The molecule has 2 rings (SSSR count). The maximum absolute atomic E-state index is 5.56. The molecule has 0 aromatic rings. The van der Waals surface area contributed by atoms with Crippen LogP contribution in [0.2, 0.25) is 0 Å². The van der Waals surface area contributed by atoms with Crippen molar-refractivity contribution in [2.45, 2.75) is 20.3 Å². The first kappa shape index (κ1) is 10.5. The van der Waals surface area contributed by atoms with E-state index in [0.717, 1.165) is 19.6 Å². The van der Waals surface area contributed by atoms with Gasteiger partial charge in [-0.1, -0.05) is 13.8 Å². The standard InChI is InChI=1S/C8H16B2O4/c1-8(2)6-13-10(14-7-8)9-11-4-3-5-12-9/h3-7H2,1-2H3. The molecule has 14 heavy (non-hydrogen) atoms. The molecule has 0 bridgehead atoms. The monoisotopic (exact) mass is 198 g/mol. The number of hydrogen-bond acceptors (Lipinski definition) is 4. The van der Waals surface area contributed by atoms with Crippen LogP contribution in [0.3, 0.4) is 0 Å². The van der Waals surface area contributed by atoms with E-state index in [4.69, 9.17) is 18.6 Å². The molecule has 0 atom stereocenters. The predicted octanol–water partition coefficient (Wildman–Crippen LogP) is 0.551. The van der Waals surface area contributed by atoms with Gasteiger partial charge >= 0.3 is 14.0 Å². The van der Waals surface area contributed by atoms with Crippen LogP contribution in [0.1, 0.15) is 20.3 Å². The average Bonchev–Trinajstić information content (AvgIpc) is 2.19. The van der Waals surface area contributed by atoms with Crippen molar-refractivity contribution < 1.29 is 18.6 Å². The first-order chi connectivity index (χ1) is 6.67. The van der Waals surface area contributed by atoms with Gasteiger partial charge in [0.05, 0.1) is 0 Å². The van der Waals surface area contributed by atoms with E-state index in [0.29, 0.717) is 13.2 Å². The minimum absolute atomic E-state index is 0.102. The van der Waals surface area contributed by atoms with Crippen LogP contribution in [0.4, 0.5) is 0 Å². The SMILES string of the molecule is CC1(C)COB(B2OCCCO2)OC1. The van der Waals surface area contributed by atoms with Crippen LogP contribution in [0.25, 0.3) is 0 Å². The number of rotatable bonds is 1. The van der Waals surface area contributed by atoms with E-state index in [1.54, 1.807) is 0 Å². The van der Waals surface area contributed by atoms with Gasteiger partial charge in [0.15, 0.2) is 0 Å². The Bertz CT molecular complexity index is 184. The predicted molar refractivity (Wildman–Crippen MR) is 53.7 cm³/mol. The number of hydrogen-bond donors (Lipinski definition) is 0. The van der Waals surface area contributed by atoms with Gasteiger partial charge in [-0.3, -0.25) is 0 Å². The highest BCUT2D eigenvalue weighted by molar-refractivity contribution is 7.10. The summed E-state index contributed by atoms with van der Waals surface area (Å²) in [5, 5.41) is 0. The third-order valence-corrected chi connectivity index (χ3v) is 2.35. The van der Waals surface area contributed by atoms with Crippen molar-refractivity contribution in [2.75, 3.05) is 26.4 Å². The van der Waals surface area contributed by atoms with Crippen LogP contribution < -0.4 is 0 Å². The molecule has 6 heteroatoms. The summed E-state index contributed by atoms with van der Waals surface area (Å²) in [5.41, 5.74) is 0.102. The zero-order valence-corrected chi connectivity index (χ0v) is 8.82. The zero-order valence-electron chi connectivity index (χ0n) is 8.82. The van der Waals surface area contributed by atoms with Crippen LogP contribution >= 0.6 is 0 Å². The second kappa shape index (κ2) is 4.23. The van der Waals surface area contributed by atoms with Crippen molar-refractivity contribution in [1.29, 1.82) is 0 Å². The van der Waals surface area contributed by atoms with E-state index in [-0.39, 0.29) is 19.4 Å². The quantitative estimate of drug-likeness (QED) is 0.576. The highest BCUT2D eigenvalue weighted by atomic mass is 16.7. The molecule has 0 N–H and O–H groups in total. The van der Waals surface area contributed by atoms with Gasteiger partial charge in [-0.25, -0.2) is 0 Å². The molecule has 0 aromatic carbocycles. The Balaban J connectivity index is 1.82. The maximum Gasteiger partial charge on any atom is 0.488 e. The van der Waals surface area contributed by atoms with E-state index >= 15 is 0 Å². The van der Waals surface area contributed by atoms with Crippen molar-refractivity contribution in [3.8, 4) is 0 Å². The lowest BCUT2D eigenvalue weighted by atomic mass is 9.47. The molecule has 0 spiro atoms. The normalized spacial score (nSPS) is 27.9. The van der Waals surface area contributed by atoms with Gasteiger partial charge in [-0.05, 0) is 6.42 Å². The van der Waals surface area contributed by atoms with Crippen LogP contribution in [0.5, 0.6) is 0 Å². The van der Waals surface area contributed by atoms with E-state index in [2.05, 4.69) is 13.8 Å². The lowest BCUT2D eigenvalue weighted by Crippen LogP contribution is -2.53. The van der Waals surface area contributed by atoms with Crippen molar-refractivity contribution in [2.24, 2.45) is 5.41 Å². The first-order valence-electron chi connectivity index (χ1n) is 5.14. The Labute approximate surface area is 85.5 Å². The summed E-state index contributed by atoms with van der Waals surface area (Å²) in [7, 11) is -0.678. The van der Waals surface area contributed by atoms with Crippen LogP contribution in [-0.2, 0) is 18.6 Å². The summed E-state index contributed by atoms with van der Waals surface area (Å²) < 4.78 is 21.9. The van der Waals surface area contributed by atoms with Gasteiger partial charge in [-0.2, -0.15) is 0 Å². The van der Waals surface area contributed by atoms with Crippen LogP contribution in [0.15, 0.2) is 0 Å². The fourth-order valence-corrected chi connectivity index (χ4v) is 1.53. The lowest BCUT2D eigenvalue weighted by Gasteiger charge is -2.35. The third-order valence-electron chi connectivity index (χ3n) is 2.35. The fraction of sp³-hybridized carbons (Fsp3) is 1.00. The Morgan fingerprint density at radius 2 is 1.36 bits per heavy atom. The third kappa shape index (κ3) is 2.51. The Morgan fingerprint density at radius 1 is 0.857 bits per heavy atom. The van der Waals surface area contributed by atoms with Crippen molar-refractivity contribution in [3.05, 3.63) is 0 Å². The summed E-state index contributed by atoms with van der Waals surface area (Å²) in [6.07, 6.45) is 0.953. The molecule has 2 fully saturated rings. The summed E-state index contributed by atoms with van der Waals surface area (Å²) in [6, 6.07) is 0. The fourth-order valence-electron chi connectivity index (χ4n) is 1.53. The van der Waals surface area contributed by atoms with Gasteiger partial charge in [-0.15, -0.1) is 0 Å². The molecule has 2 aliphatic rings. The zero-order chi connectivity index (χ0) is 10.0. The van der Waals surface area contributed by atoms with Gasteiger partial charge in [0, 0.05) is 31.8 Å². The van der Waals surface area contributed by atoms with Gasteiger partial charge in [0.1, 0.15) is 0 Å². The molecule has 2 heterocycles. The average molecular weight is 198 g/mol. The molecule has 0 aromatic heterocycles. The molecule has 78 valence electrons. The van der Waals surface area contributed by atoms with Crippen LogP contribution in [-0.4, -0.2) is 40.4 Å². The second-order valence-electron chi connectivity index (χ2n) is 4.62. The molecule has 2 aliphatic heterocycles. The highest BCUT2D eigenvalue weighted by Gasteiger charge is 2.45. The topological polar surface area (TPSA) is 36.9 Å².